The van der Waals surface area contributed by atoms with E-state index in [-0.39, 0.29) is 19.0 Å². The Bertz CT molecular complexity index is 994. The molecular weight excluding hydrogens is 412 g/mol. The van der Waals surface area contributed by atoms with Gasteiger partial charge in [-0.15, -0.1) is 0 Å². The van der Waals surface area contributed by atoms with Crippen LogP contribution >= 0.6 is 0 Å². The zero-order valence-electron chi connectivity index (χ0n) is 18.7. The molecule has 2 aromatic rings. The standard InChI is InChI=1S/C24H32N2O4S/c1-5-20-10-12-21(13-11-20)31(28,29)26-16-14-25(15-17-26)24(27)19(4)30-23-9-7-6-8-22(23)18(2)3/h6-13,18-19H,5,14-17H2,1-4H3. The van der Waals surface area contributed by atoms with Crippen LogP contribution in [0, 0.1) is 0 Å². The lowest BCUT2D eigenvalue weighted by molar-refractivity contribution is -0.139. The van der Waals surface area contributed by atoms with Gasteiger partial charge in [0.2, 0.25) is 10.0 Å². The Hall–Kier alpha value is -2.38. The smallest absolute Gasteiger partial charge is 0.263 e. The molecule has 0 radical (unpaired) electrons. The quantitative estimate of drug-likeness (QED) is 0.654. The molecule has 0 N–H and O–H groups in total. The third kappa shape index (κ3) is 5.28. The van der Waals surface area contributed by atoms with Gasteiger partial charge in [-0.05, 0) is 48.6 Å². The molecule has 0 spiro atoms. The fourth-order valence-corrected chi connectivity index (χ4v) is 5.18. The second-order valence-electron chi connectivity index (χ2n) is 8.18. The molecule has 1 aliphatic rings. The number of hydrogen-bond acceptors (Lipinski definition) is 4. The normalized spacial score (nSPS) is 16.4. The highest BCUT2D eigenvalue weighted by molar-refractivity contribution is 7.89. The van der Waals surface area contributed by atoms with E-state index < -0.39 is 16.1 Å². The van der Waals surface area contributed by atoms with Crippen molar-refractivity contribution in [1.29, 1.82) is 0 Å². The maximum absolute atomic E-state index is 12.9. The van der Waals surface area contributed by atoms with Crippen molar-refractivity contribution in [2.45, 2.75) is 51.0 Å². The number of piperazine rings is 1. The Balaban J connectivity index is 1.61. The topological polar surface area (TPSA) is 66.9 Å². The minimum absolute atomic E-state index is 0.122. The SMILES string of the molecule is CCc1ccc(S(=O)(=O)N2CCN(C(=O)C(C)Oc3ccccc3C(C)C)CC2)cc1. The molecule has 31 heavy (non-hydrogen) atoms. The Morgan fingerprint density at radius 3 is 2.16 bits per heavy atom. The van der Waals surface area contributed by atoms with Gasteiger partial charge in [-0.2, -0.15) is 4.31 Å². The third-order valence-corrected chi connectivity index (χ3v) is 7.63. The number of aryl methyl sites for hydroxylation is 1. The van der Waals surface area contributed by atoms with Gasteiger partial charge >= 0.3 is 0 Å². The first-order chi connectivity index (χ1) is 14.7. The summed E-state index contributed by atoms with van der Waals surface area (Å²) in [7, 11) is -3.56. The fourth-order valence-electron chi connectivity index (χ4n) is 3.76. The molecule has 168 valence electrons. The van der Waals surface area contributed by atoms with E-state index in [1.807, 2.05) is 43.3 Å². The second kappa shape index (κ2) is 9.83. The number of amides is 1. The van der Waals surface area contributed by atoms with Crippen LogP contribution in [-0.4, -0.2) is 55.8 Å². The number of sulfonamides is 1. The summed E-state index contributed by atoms with van der Waals surface area (Å²) in [6, 6.07) is 14.8. The summed E-state index contributed by atoms with van der Waals surface area (Å²) in [5.74, 6) is 0.886. The van der Waals surface area contributed by atoms with Gasteiger partial charge in [-0.1, -0.05) is 51.1 Å². The van der Waals surface area contributed by atoms with Crippen LogP contribution in [0.1, 0.15) is 44.7 Å². The summed E-state index contributed by atoms with van der Waals surface area (Å²) in [5.41, 5.74) is 2.16. The molecule has 1 fully saturated rings. The Labute approximate surface area is 185 Å². The number of ether oxygens (including phenoxy) is 1. The van der Waals surface area contributed by atoms with Gasteiger partial charge in [0.05, 0.1) is 4.90 Å². The van der Waals surface area contributed by atoms with Crippen LogP contribution in [0.25, 0.3) is 0 Å². The van der Waals surface area contributed by atoms with Gasteiger partial charge in [0.1, 0.15) is 5.75 Å². The number of benzene rings is 2. The largest absolute Gasteiger partial charge is 0.481 e. The van der Waals surface area contributed by atoms with Crippen LogP contribution in [0.3, 0.4) is 0 Å². The van der Waals surface area contributed by atoms with Gasteiger partial charge in [-0.3, -0.25) is 4.79 Å². The summed E-state index contributed by atoms with van der Waals surface area (Å²) in [6.45, 7) is 9.21. The number of carbonyl (C=O) groups excluding carboxylic acids is 1. The number of hydrogen-bond donors (Lipinski definition) is 0. The molecule has 1 unspecified atom stereocenters. The molecule has 1 saturated heterocycles. The monoisotopic (exact) mass is 444 g/mol. The lowest BCUT2D eigenvalue weighted by Gasteiger charge is -2.35. The van der Waals surface area contributed by atoms with Crippen LogP contribution in [0.5, 0.6) is 5.75 Å². The van der Waals surface area contributed by atoms with Gasteiger partial charge in [-0.25, -0.2) is 8.42 Å². The molecule has 1 heterocycles. The molecule has 1 amide bonds. The molecule has 0 saturated carbocycles. The minimum Gasteiger partial charge on any atom is -0.481 e. The predicted octanol–water partition coefficient (Wildman–Crippen LogP) is 3.67. The zero-order chi connectivity index (χ0) is 22.6. The number of nitrogens with zero attached hydrogens (tertiary/aromatic N) is 2. The highest BCUT2D eigenvalue weighted by Gasteiger charge is 2.32. The fraction of sp³-hybridized carbons (Fsp3) is 0.458. The van der Waals surface area contributed by atoms with Crippen LogP contribution in [0.4, 0.5) is 0 Å². The van der Waals surface area contributed by atoms with Crippen LogP contribution in [0.2, 0.25) is 0 Å². The maximum Gasteiger partial charge on any atom is 0.263 e. The Morgan fingerprint density at radius 2 is 1.58 bits per heavy atom. The van der Waals surface area contributed by atoms with Gasteiger partial charge in [0.25, 0.3) is 5.91 Å². The zero-order valence-corrected chi connectivity index (χ0v) is 19.6. The molecule has 3 rings (SSSR count). The Morgan fingerprint density at radius 1 is 0.968 bits per heavy atom. The van der Waals surface area contributed by atoms with Gasteiger partial charge in [0.15, 0.2) is 6.10 Å². The first-order valence-electron chi connectivity index (χ1n) is 10.9. The molecule has 6 nitrogen and oxygen atoms in total. The van der Waals surface area contributed by atoms with Crippen molar-refractivity contribution in [2.24, 2.45) is 0 Å². The van der Waals surface area contributed by atoms with E-state index in [9.17, 15) is 13.2 Å². The molecule has 1 atom stereocenters. The average Bonchev–Trinajstić information content (AvgIpc) is 2.78. The molecule has 0 aliphatic carbocycles. The van der Waals surface area contributed by atoms with E-state index in [1.165, 1.54) is 4.31 Å². The van der Waals surface area contributed by atoms with Crippen molar-refractivity contribution >= 4 is 15.9 Å². The second-order valence-corrected chi connectivity index (χ2v) is 10.1. The minimum atomic E-state index is -3.56. The predicted molar refractivity (Wildman–Crippen MR) is 122 cm³/mol. The molecule has 0 aromatic heterocycles. The van der Waals surface area contributed by atoms with Crippen molar-refractivity contribution in [3.8, 4) is 5.75 Å². The van der Waals surface area contributed by atoms with Crippen molar-refractivity contribution in [3.05, 3.63) is 59.7 Å². The van der Waals surface area contributed by atoms with E-state index in [4.69, 9.17) is 4.74 Å². The first-order valence-corrected chi connectivity index (χ1v) is 12.3. The van der Waals surface area contributed by atoms with Crippen molar-refractivity contribution < 1.29 is 17.9 Å². The first kappa shape index (κ1) is 23.3. The number of rotatable bonds is 7. The van der Waals surface area contributed by atoms with Crippen molar-refractivity contribution in [2.75, 3.05) is 26.2 Å². The number of carbonyl (C=O) groups is 1. The van der Waals surface area contributed by atoms with E-state index >= 15 is 0 Å². The Kier molecular flexibility index (Phi) is 7.38. The van der Waals surface area contributed by atoms with E-state index in [0.29, 0.717) is 23.9 Å². The van der Waals surface area contributed by atoms with Gasteiger partial charge < -0.3 is 9.64 Å². The van der Waals surface area contributed by atoms with Gasteiger partial charge in [0, 0.05) is 26.2 Å². The van der Waals surface area contributed by atoms with E-state index in [1.54, 1.807) is 24.0 Å². The van der Waals surface area contributed by atoms with Crippen molar-refractivity contribution in [1.82, 2.24) is 9.21 Å². The third-order valence-electron chi connectivity index (χ3n) is 5.71. The van der Waals surface area contributed by atoms with Crippen LogP contribution in [-0.2, 0) is 21.2 Å². The highest BCUT2D eigenvalue weighted by atomic mass is 32.2. The maximum atomic E-state index is 12.9. The lowest BCUT2D eigenvalue weighted by Crippen LogP contribution is -2.53. The average molecular weight is 445 g/mol. The van der Waals surface area contributed by atoms with E-state index in [2.05, 4.69) is 13.8 Å². The molecule has 0 bridgehead atoms. The highest BCUT2D eigenvalue weighted by Crippen LogP contribution is 2.27. The lowest BCUT2D eigenvalue weighted by atomic mass is 10.0. The number of para-hydroxylation sites is 1. The summed E-state index contributed by atoms with van der Waals surface area (Å²) in [4.78, 5) is 14.9. The van der Waals surface area contributed by atoms with Crippen LogP contribution < -0.4 is 4.74 Å². The molecule has 2 aromatic carbocycles. The van der Waals surface area contributed by atoms with Crippen LogP contribution in [0.15, 0.2) is 53.4 Å². The molecule has 7 heteroatoms. The summed E-state index contributed by atoms with van der Waals surface area (Å²) >= 11 is 0. The van der Waals surface area contributed by atoms with Crippen molar-refractivity contribution in [3.63, 3.8) is 0 Å². The van der Waals surface area contributed by atoms with E-state index in [0.717, 1.165) is 23.3 Å². The summed E-state index contributed by atoms with van der Waals surface area (Å²) in [6.07, 6.45) is 0.230. The summed E-state index contributed by atoms with van der Waals surface area (Å²) in [5, 5.41) is 0. The molecule has 1 aliphatic heterocycles. The molecular formula is C24H32N2O4S. The summed E-state index contributed by atoms with van der Waals surface area (Å²) < 4.78 is 33.3.